The number of carbonyl (C=O) groups excluding carboxylic acids is 1. The van der Waals surface area contributed by atoms with Crippen LogP contribution >= 0.6 is 0 Å². The van der Waals surface area contributed by atoms with Crippen molar-refractivity contribution in [1.82, 2.24) is 10.3 Å². The van der Waals surface area contributed by atoms with Crippen molar-refractivity contribution in [2.24, 2.45) is 11.8 Å². The Morgan fingerprint density at radius 3 is 2.76 bits per heavy atom. The topological polar surface area (TPSA) is 62.0 Å². The van der Waals surface area contributed by atoms with Gasteiger partial charge in [-0.15, -0.1) is 0 Å². The lowest BCUT2D eigenvalue weighted by Crippen LogP contribution is -2.40. The third kappa shape index (κ3) is 2.76. The van der Waals surface area contributed by atoms with Gasteiger partial charge in [-0.3, -0.25) is 9.59 Å². The van der Waals surface area contributed by atoms with E-state index in [1.165, 1.54) is 25.7 Å². The van der Waals surface area contributed by atoms with Gasteiger partial charge in [0.25, 0.3) is 11.5 Å². The maximum absolute atomic E-state index is 12.4. The van der Waals surface area contributed by atoms with Gasteiger partial charge in [0.15, 0.2) is 0 Å². The van der Waals surface area contributed by atoms with Crippen molar-refractivity contribution >= 4 is 5.91 Å². The van der Waals surface area contributed by atoms with Crippen molar-refractivity contribution in [1.29, 1.82) is 0 Å². The summed E-state index contributed by atoms with van der Waals surface area (Å²) in [5, 5.41) is 3.10. The molecule has 3 rings (SSSR count). The standard InChI is InChI=1S/C17H24N2O2/c1-10(2)14-9-7-13(16(20)18-14)17(21)19-15-8-6-11-4-3-5-12(11)15/h7,9-12,15H,3-6,8H2,1-2H3,(H,18,20)(H,19,21)/t11-,12-,15-/m1/s1. The zero-order chi connectivity index (χ0) is 15.0. The van der Waals surface area contributed by atoms with Crippen molar-refractivity contribution in [3.8, 4) is 0 Å². The van der Waals surface area contributed by atoms with E-state index in [4.69, 9.17) is 0 Å². The van der Waals surface area contributed by atoms with Crippen LogP contribution in [0.3, 0.4) is 0 Å². The van der Waals surface area contributed by atoms with Gasteiger partial charge in [0.1, 0.15) is 5.56 Å². The summed E-state index contributed by atoms with van der Waals surface area (Å²) in [5.74, 6) is 1.45. The molecule has 3 atom stereocenters. The summed E-state index contributed by atoms with van der Waals surface area (Å²) in [6.07, 6.45) is 6.09. The van der Waals surface area contributed by atoms with Crippen molar-refractivity contribution < 1.29 is 4.79 Å². The highest BCUT2D eigenvalue weighted by molar-refractivity contribution is 5.94. The van der Waals surface area contributed by atoms with Crippen LogP contribution in [0.2, 0.25) is 0 Å². The van der Waals surface area contributed by atoms with Crippen LogP contribution in [0.25, 0.3) is 0 Å². The van der Waals surface area contributed by atoms with E-state index in [0.29, 0.717) is 5.92 Å². The van der Waals surface area contributed by atoms with Gasteiger partial charge in [0, 0.05) is 11.7 Å². The molecule has 0 aliphatic heterocycles. The average Bonchev–Trinajstić information content (AvgIpc) is 3.03. The summed E-state index contributed by atoms with van der Waals surface area (Å²) in [7, 11) is 0. The molecule has 4 heteroatoms. The molecule has 0 aromatic carbocycles. The second kappa shape index (κ2) is 5.66. The van der Waals surface area contributed by atoms with Gasteiger partial charge in [-0.25, -0.2) is 0 Å². The fourth-order valence-electron chi connectivity index (χ4n) is 3.99. The number of fused-ring (bicyclic) bond motifs is 1. The molecule has 2 saturated carbocycles. The molecule has 0 bridgehead atoms. The Balaban J connectivity index is 1.72. The lowest BCUT2D eigenvalue weighted by Gasteiger charge is -2.20. The Hall–Kier alpha value is -1.58. The largest absolute Gasteiger partial charge is 0.349 e. The minimum Gasteiger partial charge on any atom is -0.349 e. The van der Waals surface area contributed by atoms with Crippen molar-refractivity contribution in [2.75, 3.05) is 0 Å². The summed E-state index contributed by atoms with van der Waals surface area (Å²) in [6, 6.07) is 3.76. The van der Waals surface area contributed by atoms with Crippen LogP contribution in [0.4, 0.5) is 0 Å². The quantitative estimate of drug-likeness (QED) is 0.898. The number of nitrogens with one attached hydrogen (secondary N) is 2. The maximum Gasteiger partial charge on any atom is 0.261 e. The highest BCUT2D eigenvalue weighted by Gasteiger charge is 2.39. The minimum atomic E-state index is -0.278. The van der Waals surface area contributed by atoms with Crippen LogP contribution < -0.4 is 10.9 Å². The van der Waals surface area contributed by atoms with Gasteiger partial charge >= 0.3 is 0 Å². The zero-order valence-corrected chi connectivity index (χ0v) is 12.8. The molecular weight excluding hydrogens is 264 g/mol. The zero-order valence-electron chi connectivity index (χ0n) is 12.8. The molecule has 1 aromatic heterocycles. The molecule has 1 aromatic rings. The van der Waals surface area contributed by atoms with Gasteiger partial charge in [0.05, 0.1) is 0 Å². The Morgan fingerprint density at radius 1 is 1.24 bits per heavy atom. The van der Waals surface area contributed by atoms with Crippen LogP contribution in [-0.4, -0.2) is 16.9 Å². The molecule has 2 fully saturated rings. The first kappa shape index (κ1) is 14.4. The smallest absolute Gasteiger partial charge is 0.261 e. The lowest BCUT2D eigenvalue weighted by atomic mass is 9.97. The van der Waals surface area contributed by atoms with E-state index in [0.717, 1.165) is 18.0 Å². The molecule has 1 heterocycles. The first-order chi connectivity index (χ1) is 10.1. The molecule has 2 N–H and O–H groups in total. The highest BCUT2D eigenvalue weighted by atomic mass is 16.2. The van der Waals surface area contributed by atoms with Crippen LogP contribution in [0, 0.1) is 11.8 Å². The normalized spacial score (nSPS) is 27.9. The van der Waals surface area contributed by atoms with E-state index in [2.05, 4.69) is 10.3 Å². The van der Waals surface area contributed by atoms with E-state index >= 15 is 0 Å². The van der Waals surface area contributed by atoms with Gasteiger partial charge in [-0.2, -0.15) is 0 Å². The summed E-state index contributed by atoms with van der Waals surface area (Å²) < 4.78 is 0. The number of amides is 1. The molecule has 0 spiro atoms. The monoisotopic (exact) mass is 288 g/mol. The van der Waals surface area contributed by atoms with E-state index < -0.39 is 0 Å². The summed E-state index contributed by atoms with van der Waals surface area (Å²) in [6.45, 7) is 4.04. The number of aromatic nitrogens is 1. The number of pyridine rings is 1. The Morgan fingerprint density at radius 2 is 2.05 bits per heavy atom. The Bertz CT molecular complexity index is 591. The molecule has 2 aliphatic carbocycles. The molecular formula is C17H24N2O2. The van der Waals surface area contributed by atoms with Crippen molar-refractivity contribution in [3.63, 3.8) is 0 Å². The molecule has 4 nitrogen and oxygen atoms in total. The minimum absolute atomic E-state index is 0.218. The summed E-state index contributed by atoms with van der Waals surface area (Å²) >= 11 is 0. The lowest BCUT2D eigenvalue weighted by molar-refractivity contribution is 0.0925. The molecule has 1 amide bonds. The number of hydrogen-bond donors (Lipinski definition) is 2. The van der Waals surface area contributed by atoms with Crippen molar-refractivity contribution in [2.45, 2.75) is 57.9 Å². The molecule has 114 valence electrons. The van der Waals surface area contributed by atoms with Crippen LogP contribution in [0.5, 0.6) is 0 Å². The van der Waals surface area contributed by atoms with Gasteiger partial charge in [0.2, 0.25) is 0 Å². The van der Waals surface area contributed by atoms with E-state index in [9.17, 15) is 9.59 Å². The summed E-state index contributed by atoms with van der Waals surface area (Å²) in [4.78, 5) is 27.2. The van der Waals surface area contributed by atoms with E-state index in [-0.39, 0.29) is 29.0 Å². The maximum atomic E-state index is 12.4. The third-order valence-corrected chi connectivity index (χ3v) is 5.20. The number of H-pyrrole nitrogens is 1. The van der Waals surface area contributed by atoms with Crippen LogP contribution in [-0.2, 0) is 0 Å². The third-order valence-electron chi connectivity index (χ3n) is 5.20. The second-order valence-electron chi connectivity index (χ2n) is 6.82. The first-order valence-corrected chi connectivity index (χ1v) is 8.10. The highest BCUT2D eigenvalue weighted by Crippen LogP contribution is 2.43. The molecule has 2 aliphatic rings. The second-order valence-corrected chi connectivity index (χ2v) is 6.82. The predicted octanol–water partition coefficient (Wildman–Crippen LogP) is 2.81. The SMILES string of the molecule is CC(C)c1ccc(C(=O)N[C@@H]2CC[C@H]3CCC[C@H]32)c(=O)[nH]1. The fourth-order valence-corrected chi connectivity index (χ4v) is 3.99. The Kier molecular flexibility index (Phi) is 3.87. The number of hydrogen-bond acceptors (Lipinski definition) is 2. The first-order valence-electron chi connectivity index (χ1n) is 8.10. The number of carbonyl (C=O) groups is 1. The fraction of sp³-hybridized carbons (Fsp3) is 0.647. The van der Waals surface area contributed by atoms with Gasteiger partial charge < -0.3 is 10.3 Å². The Labute approximate surface area is 125 Å². The van der Waals surface area contributed by atoms with Gasteiger partial charge in [-0.05, 0) is 49.1 Å². The van der Waals surface area contributed by atoms with Gasteiger partial charge in [-0.1, -0.05) is 26.7 Å². The number of aromatic amines is 1. The van der Waals surface area contributed by atoms with Crippen molar-refractivity contribution in [3.05, 3.63) is 33.7 Å². The average molecular weight is 288 g/mol. The molecule has 21 heavy (non-hydrogen) atoms. The van der Waals surface area contributed by atoms with Crippen LogP contribution in [0.15, 0.2) is 16.9 Å². The predicted molar refractivity (Wildman–Crippen MR) is 82.5 cm³/mol. The number of rotatable bonds is 3. The molecule has 0 radical (unpaired) electrons. The molecule has 0 saturated heterocycles. The van der Waals surface area contributed by atoms with E-state index in [1.54, 1.807) is 6.07 Å². The molecule has 0 unspecified atom stereocenters. The summed E-state index contributed by atoms with van der Waals surface area (Å²) in [5.41, 5.74) is 0.828. The van der Waals surface area contributed by atoms with E-state index in [1.807, 2.05) is 19.9 Å². The van der Waals surface area contributed by atoms with Crippen LogP contribution in [0.1, 0.15) is 67.9 Å².